The van der Waals surface area contributed by atoms with Crippen molar-refractivity contribution in [3.63, 3.8) is 0 Å². The summed E-state index contributed by atoms with van der Waals surface area (Å²) in [5.41, 5.74) is -0.762. The van der Waals surface area contributed by atoms with Crippen molar-refractivity contribution < 1.29 is 18.0 Å². The molecule has 3 rings (SSSR count). The van der Waals surface area contributed by atoms with E-state index in [4.69, 9.17) is 0 Å². The fourth-order valence-electron chi connectivity index (χ4n) is 1.83. The molecule has 1 amide bonds. The molecule has 3 aromatic rings. The van der Waals surface area contributed by atoms with Gasteiger partial charge in [0.2, 0.25) is 5.95 Å². The Hall–Kier alpha value is -2.91. The van der Waals surface area contributed by atoms with E-state index in [0.29, 0.717) is 0 Å². The maximum Gasteiger partial charge on any atom is 0.434 e. The Balaban J connectivity index is 1.89. The van der Waals surface area contributed by atoms with Crippen LogP contribution in [0.1, 0.15) is 16.1 Å². The number of imidazole rings is 1. The molecule has 0 fully saturated rings. The van der Waals surface area contributed by atoms with Crippen LogP contribution in [-0.2, 0) is 13.2 Å². The summed E-state index contributed by atoms with van der Waals surface area (Å²) in [7, 11) is 1.64. The zero-order valence-electron chi connectivity index (χ0n) is 11.2. The Morgan fingerprint density at radius 2 is 2.05 bits per heavy atom. The molecule has 0 unspecified atom stereocenters. The average Bonchev–Trinajstić information content (AvgIpc) is 3.03. The Morgan fingerprint density at radius 3 is 2.68 bits per heavy atom. The molecule has 0 saturated carbocycles. The van der Waals surface area contributed by atoms with Gasteiger partial charge in [0.1, 0.15) is 12.0 Å². The number of fused-ring (bicyclic) bond motifs is 1. The number of pyridine rings is 1. The van der Waals surface area contributed by atoms with Gasteiger partial charge in [0.05, 0.1) is 5.56 Å². The second kappa shape index (κ2) is 4.83. The largest absolute Gasteiger partial charge is 0.434 e. The van der Waals surface area contributed by atoms with Crippen molar-refractivity contribution in [2.24, 2.45) is 7.05 Å². The molecule has 0 saturated heterocycles. The van der Waals surface area contributed by atoms with Crippen LogP contribution in [0.2, 0.25) is 0 Å². The van der Waals surface area contributed by atoms with Gasteiger partial charge in [-0.1, -0.05) is 0 Å². The molecule has 0 aliphatic rings. The number of anilines is 1. The van der Waals surface area contributed by atoms with Crippen LogP contribution < -0.4 is 5.32 Å². The highest BCUT2D eigenvalue weighted by Gasteiger charge is 2.33. The molecule has 0 aromatic carbocycles. The molecule has 0 atom stereocenters. The van der Waals surface area contributed by atoms with Crippen molar-refractivity contribution >= 4 is 17.5 Å². The molecule has 1 N–H and O–H groups in total. The molecule has 22 heavy (non-hydrogen) atoms. The first-order valence-electron chi connectivity index (χ1n) is 6.06. The highest BCUT2D eigenvalue weighted by Crippen LogP contribution is 2.28. The van der Waals surface area contributed by atoms with Gasteiger partial charge in [-0.15, -0.1) is 5.10 Å². The van der Waals surface area contributed by atoms with Crippen molar-refractivity contribution in [2.45, 2.75) is 6.18 Å². The predicted molar refractivity (Wildman–Crippen MR) is 69.2 cm³/mol. The summed E-state index contributed by atoms with van der Waals surface area (Å²) >= 11 is 0. The highest BCUT2D eigenvalue weighted by molar-refractivity contribution is 6.03. The Kier molecular flexibility index (Phi) is 3.08. The summed E-state index contributed by atoms with van der Waals surface area (Å²) < 4.78 is 40.4. The van der Waals surface area contributed by atoms with E-state index in [9.17, 15) is 18.0 Å². The lowest BCUT2D eigenvalue weighted by Gasteiger charge is -2.01. The molecule has 0 aliphatic heterocycles. The van der Waals surface area contributed by atoms with Gasteiger partial charge in [-0.2, -0.15) is 13.2 Å². The van der Waals surface area contributed by atoms with Gasteiger partial charge in [-0.05, 0) is 12.1 Å². The van der Waals surface area contributed by atoms with Gasteiger partial charge in [0, 0.05) is 19.4 Å². The fourth-order valence-corrected chi connectivity index (χ4v) is 1.83. The Bertz CT molecular complexity index is 850. The third-order valence-electron chi connectivity index (χ3n) is 2.83. The number of hydrogen-bond donors (Lipinski definition) is 1. The van der Waals surface area contributed by atoms with Gasteiger partial charge in [0.25, 0.3) is 5.91 Å². The molecular weight excluding hydrogens is 301 g/mol. The Labute approximate surface area is 121 Å². The number of carbonyl (C=O) groups excluding carboxylic acids is 1. The van der Waals surface area contributed by atoms with Gasteiger partial charge in [-0.25, -0.2) is 9.97 Å². The lowest BCUT2D eigenvalue weighted by Crippen LogP contribution is -2.13. The topological polar surface area (TPSA) is 77.1 Å². The van der Waals surface area contributed by atoms with E-state index in [0.717, 1.165) is 10.6 Å². The standard InChI is InChI=1S/C12H9F3N6O/c1-20-6-16-11(19-20)18-10(22)7-2-3-9-17-8(12(13,14)15)5-21(9)4-7/h2-6H,1H3,(H,18,19,22). The number of alkyl halides is 3. The lowest BCUT2D eigenvalue weighted by molar-refractivity contribution is -0.140. The second-order valence-electron chi connectivity index (χ2n) is 4.50. The van der Waals surface area contributed by atoms with E-state index in [1.165, 1.54) is 29.3 Å². The van der Waals surface area contributed by atoms with Gasteiger partial charge in [0.15, 0.2) is 5.69 Å². The van der Waals surface area contributed by atoms with Crippen molar-refractivity contribution in [3.05, 3.63) is 42.1 Å². The van der Waals surface area contributed by atoms with Gasteiger partial charge >= 0.3 is 6.18 Å². The molecule has 114 valence electrons. The summed E-state index contributed by atoms with van der Waals surface area (Å²) in [5, 5.41) is 6.32. The molecule has 0 bridgehead atoms. The fraction of sp³-hybridized carbons (Fsp3) is 0.167. The van der Waals surface area contributed by atoms with Crippen LogP contribution >= 0.6 is 0 Å². The molecule has 3 aromatic heterocycles. The highest BCUT2D eigenvalue weighted by atomic mass is 19.4. The summed E-state index contributed by atoms with van der Waals surface area (Å²) in [6.07, 6.45) is -1.04. The second-order valence-corrected chi connectivity index (χ2v) is 4.50. The van der Waals surface area contributed by atoms with E-state index in [2.05, 4.69) is 20.4 Å². The lowest BCUT2D eigenvalue weighted by atomic mass is 10.2. The molecule has 0 spiro atoms. The molecule has 0 radical (unpaired) electrons. The van der Waals surface area contributed by atoms with Crippen molar-refractivity contribution in [2.75, 3.05) is 5.32 Å². The number of hydrogen-bond acceptors (Lipinski definition) is 4. The first-order chi connectivity index (χ1) is 10.3. The summed E-state index contributed by atoms with van der Waals surface area (Å²) in [4.78, 5) is 19.3. The average molecular weight is 310 g/mol. The minimum atomic E-state index is -4.54. The minimum Gasteiger partial charge on any atom is -0.306 e. The molecular formula is C12H9F3N6O. The van der Waals surface area contributed by atoms with Crippen LogP contribution in [0.3, 0.4) is 0 Å². The van der Waals surface area contributed by atoms with E-state index in [1.807, 2.05) is 0 Å². The van der Waals surface area contributed by atoms with Crippen LogP contribution in [0.25, 0.3) is 5.65 Å². The van der Waals surface area contributed by atoms with Crippen molar-refractivity contribution in [3.8, 4) is 0 Å². The first-order valence-corrected chi connectivity index (χ1v) is 6.06. The zero-order valence-corrected chi connectivity index (χ0v) is 11.2. The predicted octanol–water partition coefficient (Wildman–Crippen LogP) is 1.73. The van der Waals surface area contributed by atoms with Gasteiger partial charge < -0.3 is 4.40 Å². The van der Waals surface area contributed by atoms with Crippen LogP contribution in [0.5, 0.6) is 0 Å². The molecule has 0 aliphatic carbocycles. The van der Waals surface area contributed by atoms with E-state index < -0.39 is 17.8 Å². The third kappa shape index (κ3) is 2.62. The van der Waals surface area contributed by atoms with Crippen LogP contribution in [0.15, 0.2) is 30.9 Å². The number of rotatable bonds is 2. The number of aryl methyl sites for hydroxylation is 1. The van der Waals surface area contributed by atoms with Crippen molar-refractivity contribution in [1.29, 1.82) is 0 Å². The first kappa shape index (κ1) is 14.0. The third-order valence-corrected chi connectivity index (χ3v) is 2.83. The number of nitrogens with one attached hydrogen (secondary N) is 1. The number of halogens is 3. The maximum atomic E-state index is 12.6. The SMILES string of the molecule is Cn1cnc(NC(=O)c2ccc3nc(C(F)(F)F)cn3c2)n1. The van der Waals surface area contributed by atoms with E-state index >= 15 is 0 Å². The number of amides is 1. The monoisotopic (exact) mass is 310 g/mol. The van der Waals surface area contributed by atoms with Gasteiger partial charge in [-0.3, -0.25) is 14.8 Å². The van der Waals surface area contributed by atoms with E-state index in [-0.39, 0.29) is 17.2 Å². The Morgan fingerprint density at radius 1 is 1.27 bits per heavy atom. The number of aromatic nitrogens is 5. The number of carbonyl (C=O) groups is 1. The maximum absolute atomic E-state index is 12.6. The van der Waals surface area contributed by atoms with E-state index in [1.54, 1.807) is 7.05 Å². The molecule has 7 nitrogen and oxygen atoms in total. The summed E-state index contributed by atoms with van der Waals surface area (Å²) in [5.74, 6) is -0.426. The minimum absolute atomic E-state index is 0.0971. The summed E-state index contributed by atoms with van der Waals surface area (Å²) in [6, 6.07) is 2.71. The molecule has 10 heteroatoms. The van der Waals surface area contributed by atoms with Crippen molar-refractivity contribution in [1.82, 2.24) is 24.1 Å². The quantitative estimate of drug-likeness (QED) is 0.782. The van der Waals surface area contributed by atoms with Crippen LogP contribution in [0.4, 0.5) is 19.1 Å². The van der Waals surface area contributed by atoms with Crippen LogP contribution in [-0.4, -0.2) is 30.1 Å². The normalized spacial score (nSPS) is 11.8. The van der Waals surface area contributed by atoms with Crippen LogP contribution in [0, 0.1) is 0 Å². The zero-order chi connectivity index (χ0) is 15.9. The smallest absolute Gasteiger partial charge is 0.306 e. The number of nitrogens with zero attached hydrogens (tertiary/aromatic N) is 5. The molecule has 3 heterocycles. The summed E-state index contributed by atoms with van der Waals surface area (Å²) in [6.45, 7) is 0.